The van der Waals surface area contributed by atoms with Gasteiger partial charge in [0, 0.05) is 16.6 Å². The summed E-state index contributed by atoms with van der Waals surface area (Å²) in [7, 11) is 0. The van der Waals surface area contributed by atoms with Crippen LogP contribution in [0.4, 0.5) is 5.69 Å². The molecule has 8 heteroatoms. The first-order valence-electron chi connectivity index (χ1n) is 10.5. The monoisotopic (exact) mass is 451 g/mol. The molecule has 166 valence electrons. The third-order valence-corrected chi connectivity index (χ3v) is 6.09. The molecule has 1 aliphatic heterocycles. The van der Waals surface area contributed by atoms with Crippen LogP contribution in [-0.2, 0) is 14.3 Å². The summed E-state index contributed by atoms with van der Waals surface area (Å²) in [6, 6.07) is 11.3. The number of aryl methyl sites for hydroxylation is 1. The molecule has 0 unspecified atom stereocenters. The highest BCUT2D eigenvalue weighted by atomic mass is 32.1. The van der Waals surface area contributed by atoms with Crippen LogP contribution in [0.1, 0.15) is 25.1 Å². The number of rotatable bonds is 7. The second-order valence-corrected chi connectivity index (χ2v) is 9.20. The van der Waals surface area contributed by atoms with E-state index in [4.69, 9.17) is 14.5 Å². The molecular formula is C24H25N3O4S. The number of pyridine rings is 1. The maximum absolute atomic E-state index is 12.5. The number of hydrogen-bond acceptors (Lipinski definition) is 7. The largest absolute Gasteiger partial charge is 0.482 e. The minimum Gasteiger partial charge on any atom is -0.482 e. The molecule has 3 heterocycles. The van der Waals surface area contributed by atoms with Gasteiger partial charge in [-0.3, -0.25) is 19.5 Å². The molecule has 0 saturated carbocycles. The van der Waals surface area contributed by atoms with E-state index in [9.17, 15) is 9.59 Å². The van der Waals surface area contributed by atoms with Crippen molar-refractivity contribution in [2.75, 3.05) is 24.7 Å². The van der Waals surface area contributed by atoms with Gasteiger partial charge >= 0.3 is 5.97 Å². The normalized spacial score (nSPS) is 13.1. The first-order chi connectivity index (χ1) is 15.4. The molecule has 2 aromatic heterocycles. The molecular weight excluding hydrogens is 426 g/mol. The quantitative estimate of drug-likeness (QED) is 0.492. The number of thiazole rings is 1. The fraction of sp³-hybridized carbons (Fsp3) is 0.333. The van der Waals surface area contributed by atoms with Gasteiger partial charge in [-0.1, -0.05) is 19.9 Å². The molecule has 0 N–H and O–H groups in total. The van der Waals surface area contributed by atoms with E-state index in [1.165, 1.54) is 4.90 Å². The molecule has 0 saturated heterocycles. The zero-order chi connectivity index (χ0) is 22.7. The Kier molecular flexibility index (Phi) is 6.50. The molecule has 32 heavy (non-hydrogen) atoms. The van der Waals surface area contributed by atoms with Gasteiger partial charge in [0.05, 0.1) is 23.7 Å². The van der Waals surface area contributed by atoms with Crippen molar-refractivity contribution < 1.29 is 19.1 Å². The Hall–Kier alpha value is -3.26. The minimum absolute atomic E-state index is 0.106. The van der Waals surface area contributed by atoms with E-state index in [1.54, 1.807) is 17.5 Å². The van der Waals surface area contributed by atoms with Gasteiger partial charge in [-0.25, -0.2) is 4.98 Å². The number of fused-ring (bicyclic) bond motifs is 1. The van der Waals surface area contributed by atoms with Crippen molar-refractivity contribution in [3.8, 4) is 27.7 Å². The molecule has 0 radical (unpaired) electrons. The summed E-state index contributed by atoms with van der Waals surface area (Å²) >= 11 is 1.56. The highest BCUT2D eigenvalue weighted by Crippen LogP contribution is 2.38. The fourth-order valence-electron chi connectivity index (χ4n) is 3.37. The maximum Gasteiger partial charge on any atom is 0.326 e. The van der Waals surface area contributed by atoms with Gasteiger partial charge in [-0.15, -0.1) is 11.3 Å². The smallest absolute Gasteiger partial charge is 0.326 e. The molecule has 0 atom stereocenters. The molecule has 4 rings (SSSR count). The standard InChI is InChI=1S/C24H25N3O4S/c1-15(2)9-11-30-22(29)13-27-19-12-17(7-8-20(19)31-14-21(27)28)23-16(3)32-24(26-23)18-6-4-5-10-25-18/h4-8,10,12,15H,9,11,13-14H2,1-3H3. The lowest BCUT2D eigenvalue weighted by atomic mass is 10.1. The Bertz CT molecular complexity index is 1130. The number of aromatic nitrogens is 2. The van der Waals surface area contributed by atoms with Crippen LogP contribution in [0.3, 0.4) is 0 Å². The molecule has 0 aliphatic carbocycles. The zero-order valence-electron chi connectivity index (χ0n) is 18.3. The molecule has 0 spiro atoms. The van der Waals surface area contributed by atoms with E-state index < -0.39 is 5.97 Å². The van der Waals surface area contributed by atoms with Crippen LogP contribution in [0, 0.1) is 12.8 Å². The Morgan fingerprint density at radius 2 is 2.12 bits per heavy atom. The van der Waals surface area contributed by atoms with E-state index in [2.05, 4.69) is 18.8 Å². The van der Waals surface area contributed by atoms with Crippen LogP contribution in [0.25, 0.3) is 22.0 Å². The van der Waals surface area contributed by atoms with Gasteiger partial charge in [-0.2, -0.15) is 0 Å². The summed E-state index contributed by atoms with van der Waals surface area (Å²) < 4.78 is 10.9. The summed E-state index contributed by atoms with van der Waals surface area (Å²) in [4.78, 5) is 36.5. The maximum atomic E-state index is 12.5. The first-order valence-corrected chi connectivity index (χ1v) is 11.4. The number of esters is 1. The minimum atomic E-state index is -0.431. The summed E-state index contributed by atoms with van der Waals surface area (Å²) in [6.07, 6.45) is 2.52. The molecule has 1 amide bonds. The Morgan fingerprint density at radius 1 is 1.28 bits per heavy atom. The number of carbonyl (C=O) groups is 2. The highest BCUT2D eigenvalue weighted by Gasteiger charge is 2.29. The van der Waals surface area contributed by atoms with Crippen molar-refractivity contribution in [2.24, 2.45) is 5.92 Å². The van der Waals surface area contributed by atoms with Crippen molar-refractivity contribution in [2.45, 2.75) is 27.2 Å². The van der Waals surface area contributed by atoms with Crippen LogP contribution in [0.15, 0.2) is 42.6 Å². The average molecular weight is 452 g/mol. The van der Waals surface area contributed by atoms with Crippen LogP contribution in [0.2, 0.25) is 0 Å². The summed E-state index contributed by atoms with van der Waals surface area (Å²) in [6.45, 7) is 6.23. The number of amides is 1. The van der Waals surface area contributed by atoms with Gasteiger partial charge in [-0.05, 0) is 49.6 Å². The van der Waals surface area contributed by atoms with E-state index in [0.29, 0.717) is 24.0 Å². The predicted octanol–water partition coefficient (Wildman–Crippen LogP) is 4.50. The highest BCUT2D eigenvalue weighted by molar-refractivity contribution is 7.15. The Balaban J connectivity index is 1.60. The van der Waals surface area contributed by atoms with Gasteiger partial charge in [0.25, 0.3) is 5.91 Å². The third-order valence-electron chi connectivity index (χ3n) is 5.10. The van der Waals surface area contributed by atoms with Crippen molar-refractivity contribution in [1.82, 2.24) is 9.97 Å². The first kappa shape index (κ1) is 22.0. The molecule has 0 fully saturated rings. The number of nitrogens with zero attached hydrogens (tertiary/aromatic N) is 3. The lowest BCUT2D eigenvalue weighted by molar-refractivity contribution is -0.143. The Labute approximate surface area is 191 Å². The van der Waals surface area contributed by atoms with Crippen LogP contribution in [-0.4, -0.2) is 41.6 Å². The summed E-state index contributed by atoms with van der Waals surface area (Å²) in [5, 5.41) is 0.828. The predicted molar refractivity (Wildman–Crippen MR) is 124 cm³/mol. The van der Waals surface area contributed by atoms with E-state index >= 15 is 0 Å². The van der Waals surface area contributed by atoms with Crippen LogP contribution >= 0.6 is 11.3 Å². The van der Waals surface area contributed by atoms with E-state index in [-0.39, 0.29) is 19.1 Å². The average Bonchev–Trinajstić information content (AvgIpc) is 3.17. The second-order valence-electron chi connectivity index (χ2n) is 7.99. The number of hydrogen-bond donors (Lipinski definition) is 0. The summed E-state index contributed by atoms with van der Waals surface area (Å²) in [5.41, 5.74) is 3.02. The second kappa shape index (κ2) is 9.48. The molecule has 0 bridgehead atoms. The molecule has 1 aliphatic rings. The van der Waals surface area contributed by atoms with Gasteiger partial charge < -0.3 is 9.47 Å². The molecule has 7 nitrogen and oxygen atoms in total. The number of ether oxygens (including phenoxy) is 2. The SMILES string of the molecule is Cc1sc(-c2ccccn2)nc1-c1ccc2c(c1)N(CC(=O)OCCC(C)C)C(=O)CO2. The number of benzene rings is 1. The van der Waals surface area contributed by atoms with Crippen molar-refractivity contribution in [1.29, 1.82) is 0 Å². The van der Waals surface area contributed by atoms with Crippen molar-refractivity contribution in [3.05, 3.63) is 47.5 Å². The van der Waals surface area contributed by atoms with Crippen LogP contribution < -0.4 is 9.64 Å². The Morgan fingerprint density at radius 3 is 2.88 bits per heavy atom. The summed E-state index contributed by atoms with van der Waals surface area (Å²) in [5.74, 6) is 0.286. The van der Waals surface area contributed by atoms with Crippen molar-refractivity contribution in [3.63, 3.8) is 0 Å². The third kappa shape index (κ3) is 4.80. The molecule has 1 aromatic carbocycles. The van der Waals surface area contributed by atoms with Gasteiger partial charge in [0.1, 0.15) is 17.3 Å². The van der Waals surface area contributed by atoms with Crippen molar-refractivity contribution >= 4 is 28.9 Å². The molecule has 3 aromatic rings. The topological polar surface area (TPSA) is 81.6 Å². The zero-order valence-corrected chi connectivity index (χ0v) is 19.1. The number of carbonyl (C=O) groups excluding carboxylic acids is 2. The lowest BCUT2D eigenvalue weighted by Gasteiger charge is -2.29. The van der Waals surface area contributed by atoms with Gasteiger partial charge in [0.15, 0.2) is 6.61 Å². The lowest BCUT2D eigenvalue weighted by Crippen LogP contribution is -2.42. The van der Waals surface area contributed by atoms with E-state index in [0.717, 1.165) is 33.3 Å². The van der Waals surface area contributed by atoms with E-state index in [1.807, 2.05) is 43.3 Å². The fourth-order valence-corrected chi connectivity index (χ4v) is 4.28. The number of anilines is 1. The van der Waals surface area contributed by atoms with Gasteiger partial charge in [0.2, 0.25) is 0 Å². The van der Waals surface area contributed by atoms with Crippen LogP contribution in [0.5, 0.6) is 5.75 Å².